The summed E-state index contributed by atoms with van der Waals surface area (Å²) in [7, 11) is 0. The molecule has 0 fully saturated rings. The lowest BCUT2D eigenvalue weighted by molar-refractivity contribution is 0.331. The molecule has 0 N–H and O–H groups in total. The molecule has 0 unspecified atom stereocenters. The van der Waals surface area contributed by atoms with E-state index in [0.29, 0.717) is 0 Å². The number of hydrogen-bond donors (Lipinski definition) is 0. The SMILES string of the molecule is CC1(C)CCC(C)(C)c2cc3c(cc21)-c1cc2ccccc2c2c1B(c1cccc4c1N2c1cc2c(cc1C4(C)C)C(C)(C)CCC2(C)C)N3c1ccccc1. The quantitative estimate of drug-likeness (QED) is 0.155. The van der Waals surface area contributed by atoms with Crippen LogP contribution in [-0.2, 0) is 27.1 Å². The van der Waals surface area contributed by atoms with E-state index in [4.69, 9.17) is 0 Å². The third kappa shape index (κ3) is 4.35. The standard InChI is InChI=1S/C53H55BN2/c1-49(2)23-25-51(5,6)40-30-44-35(28-38(40)49)36-27-32-17-14-15-20-34(32)47-46(36)54(56(44)33-18-12-11-13-19-33)43-22-16-21-37-48(43)55(47)45-31-41-39(29-42(45)53(37,9)10)50(3,4)24-26-52(41,7)8/h11-22,27-31H,23-26H2,1-10H3. The molecule has 3 aliphatic heterocycles. The third-order valence-corrected chi connectivity index (χ3v) is 15.5. The Balaban J connectivity index is 1.32. The number of fused-ring (bicyclic) bond motifs is 10. The van der Waals surface area contributed by atoms with E-state index in [1.165, 1.54) is 120 Å². The Morgan fingerprint density at radius 2 is 1.04 bits per heavy atom. The lowest BCUT2D eigenvalue weighted by Crippen LogP contribution is -2.62. The van der Waals surface area contributed by atoms with Gasteiger partial charge in [-0.15, -0.1) is 0 Å². The summed E-state index contributed by atoms with van der Waals surface area (Å²) in [4.78, 5) is 5.47. The molecule has 2 nitrogen and oxygen atoms in total. The van der Waals surface area contributed by atoms with Crippen molar-refractivity contribution >= 4 is 57.0 Å². The normalized spacial score (nSPS) is 20.6. The molecule has 0 saturated heterocycles. The average molecular weight is 731 g/mol. The number of nitrogens with zero attached hydrogens (tertiary/aromatic N) is 2. The van der Waals surface area contributed by atoms with Crippen LogP contribution < -0.4 is 20.6 Å². The van der Waals surface area contributed by atoms with Gasteiger partial charge in [-0.05, 0) is 139 Å². The van der Waals surface area contributed by atoms with Gasteiger partial charge in [0, 0.05) is 33.4 Å². The highest BCUT2D eigenvalue weighted by atomic mass is 15.2. The van der Waals surface area contributed by atoms with Crippen molar-refractivity contribution in [1.82, 2.24) is 0 Å². The summed E-state index contributed by atoms with van der Waals surface area (Å²) in [6, 6.07) is 40.8. The highest BCUT2D eigenvalue weighted by Gasteiger charge is 2.52. The van der Waals surface area contributed by atoms with E-state index in [9.17, 15) is 0 Å². The Hall–Kier alpha value is -4.76. The van der Waals surface area contributed by atoms with Gasteiger partial charge >= 0.3 is 6.85 Å². The summed E-state index contributed by atoms with van der Waals surface area (Å²) in [5.41, 5.74) is 21.4. The molecule has 6 aromatic rings. The van der Waals surface area contributed by atoms with Crippen LogP contribution in [0.25, 0.3) is 21.9 Å². The number of anilines is 5. The van der Waals surface area contributed by atoms with Gasteiger partial charge in [0.25, 0.3) is 0 Å². The van der Waals surface area contributed by atoms with Crippen LogP contribution in [0.3, 0.4) is 0 Å². The zero-order valence-corrected chi connectivity index (χ0v) is 35.1. The molecule has 0 amide bonds. The Morgan fingerprint density at radius 3 is 1.70 bits per heavy atom. The number of hydrogen-bond acceptors (Lipinski definition) is 2. The van der Waals surface area contributed by atoms with E-state index in [1.807, 2.05) is 0 Å². The van der Waals surface area contributed by atoms with Crippen LogP contribution in [0.2, 0.25) is 0 Å². The molecule has 0 aromatic heterocycles. The Morgan fingerprint density at radius 1 is 0.464 bits per heavy atom. The fraction of sp³-hybridized carbons (Fsp3) is 0.358. The molecule has 2 aliphatic carbocycles. The van der Waals surface area contributed by atoms with Crippen LogP contribution in [0.4, 0.5) is 28.4 Å². The first-order valence-electron chi connectivity index (χ1n) is 21.2. The van der Waals surface area contributed by atoms with Crippen LogP contribution in [-0.4, -0.2) is 6.85 Å². The van der Waals surface area contributed by atoms with Crippen molar-refractivity contribution < 1.29 is 0 Å². The molecular formula is C53H55BN2. The maximum Gasteiger partial charge on any atom is 0.333 e. The minimum atomic E-state index is -0.187. The topological polar surface area (TPSA) is 6.48 Å². The zero-order chi connectivity index (χ0) is 38.9. The first kappa shape index (κ1) is 34.5. The molecule has 0 atom stereocenters. The second-order valence-corrected chi connectivity index (χ2v) is 21.1. The summed E-state index contributed by atoms with van der Waals surface area (Å²) in [6.07, 6.45) is 4.80. The molecule has 0 bridgehead atoms. The minimum absolute atomic E-state index is 0.00817. The van der Waals surface area contributed by atoms with Crippen LogP contribution >= 0.6 is 0 Å². The van der Waals surface area contributed by atoms with Crippen LogP contribution in [0.15, 0.2) is 103 Å². The van der Waals surface area contributed by atoms with Gasteiger partial charge in [-0.3, -0.25) is 0 Å². The highest BCUT2D eigenvalue weighted by Crippen LogP contribution is 2.59. The van der Waals surface area contributed by atoms with Gasteiger partial charge in [0.1, 0.15) is 0 Å². The number of para-hydroxylation sites is 2. The first-order chi connectivity index (χ1) is 26.5. The molecule has 0 radical (unpaired) electrons. The summed E-state index contributed by atoms with van der Waals surface area (Å²) in [6.45, 7) is 24.7. The molecule has 56 heavy (non-hydrogen) atoms. The monoisotopic (exact) mass is 730 g/mol. The second-order valence-electron chi connectivity index (χ2n) is 21.1. The lowest BCUT2D eigenvalue weighted by Gasteiger charge is -2.52. The molecule has 3 heterocycles. The molecule has 11 rings (SSSR count). The molecule has 0 saturated carbocycles. The summed E-state index contributed by atoms with van der Waals surface area (Å²) >= 11 is 0. The van der Waals surface area contributed by atoms with Gasteiger partial charge < -0.3 is 9.71 Å². The van der Waals surface area contributed by atoms with Crippen molar-refractivity contribution in [3.8, 4) is 11.1 Å². The van der Waals surface area contributed by atoms with Crippen LogP contribution in [0.5, 0.6) is 0 Å². The fourth-order valence-electron chi connectivity index (χ4n) is 11.9. The molecule has 5 aliphatic rings. The smallest absolute Gasteiger partial charge is 0.333 e. The van der Waals surface area contributed by atoms with E-state index in [0.717, 1.165) is 0 Å². The molecule has 0 spiro atoms. The predicted octanol–water partition coefficient (Wildman–Crippen LogP) is 12.9. The van der Waals surface area contributed by atoms with E-state index in [1.54, 1.807) is 0 Å². The largest absolute Gasteiger partial charge is 0.376 e. The van der Waals surface area contributed by atoms with Crippen molar-refractivity contribution in [1.29, 1.82) is 0 Å². The Kier molecular flexibility index (Phi) is 6.65. The summed E-state index contributed by atoms with van der Waals surface area (Å²) in [5, 5.41) is 2.64. The molecule has 280 valence electrons. The fourth-order valence-corrected chi connectivity index (χ4v) is 11.9. The maximum atomic E-state index is 2.75. The van der Waals surface area contributed by atoms with Crippen LogP contribution in [0.1, 0.15) is 128 Å². The minimum Gasteiger partial charge on any atom is -0.376 e. The average Bonchev–Trinajstić information content (AvgIpc) is 3.17. The highest BCUT2D eigenvalue weighted by molar-refractivity contribution is 6.94. The van der Waals surface area contributed by atoms with Crippen molar-refractivity contribution in [3.63, 3.8) is 0 Å². The first-order valence-corrected chi connectivity index (χ1v) is 21.2. The van der Waals surface area contributed by atoms with Gasteiger partial charge in [-0.25, -0.2) is 0 Å². The third-order valence-electron chi connectivity index (χ3n) is 15.5. The number of benzene rings is 6. The molecule has 6 aromatic carbocycles. The van der Waals surface area contributed by atoms with E-state index < -0.39 is 0 Å². The van der Waals surface area contributed by atoms with Crippen molar-refractivity contribution in [3.05, 3.63) is 137 Å². The van der Waals surface area contributed by atoms with Crippen LogP contribution in [0, 0.1) is 0 Å². The van der Waals surface area contributed by atoms with E-state index in [-0.39, 0.29) is 33.9 Å². The van der Waals surface area contributed by atoms with Gasteiger partial charge in [0.2, 0.25) is 0 Å². The number of rotatable bonds is 1. The maximum absolute atomic E-state index is 2.75. The summed E-state index contributed by atoms with van der Waals surface area (Å²) in [5.74, 6) is 0. The van der Waals surface area contributed by atoms with Gasteiger partial charge in [0.15, 0.2) is 0 Å². The van der Waals surface area contributed by atoms with Crippen molar-refractivity contribution in [2.24, 2.45) is 0 Å². The van der Waals surface area contributed by atoms with Gasteiger partial charge in [-0.1, -0.05) is 136 Å². The zero-order valence-electron chi connectivity index (χ0n) is 35.1. The Labute approximate surface area is 335 Å². The lowest BCUT2D eigenvalue weighted by atomic mass is 9.42. The Bertz CT molecular complexity index is 2690. The van der Waals surface area contributed by atoms with E-state index >= 15 is 0 Å². The molecular weight excluding hydrogens is 675 g/mol. The van der Waals surface area contributed by atoms with Gasteiger partial charge in [0.05, 0.1) is 11.4 Å². The van der Waals surface area contributed by atoms with Crippen molar-refractivity contribution in [2.75, 3.05) is 9.71 Å². The van der Waals surface area contributed by atoms with Crippen molar-refractivity contribution in [2.45, 2.75) is 122 Å². The molecule has 3 heteroatoms. The summed E-state index contributed by atoms with van der Waals surface area (Å²) < 4.78 is 0. The van der Waals surface area contributed by atoms with Gasteiger partial charge in [-0.2, -0.15) is 0 Å². The van der Waals surface area contributed by atoms with E-state index in [2.05, 4.69) is 182 Å². The second kappa shape index (κ2) is 10.8. The predicted molar refractivity (Wildman–Crippen MR) is 240 cm³/mol.